The monoisotopic (exact) mass is 1040 g/mol. The smallest absolute Gasteiger partial charge is 0.176 e. The minimum Gasteiger partial charge on any atom is -0.204 e. The first kappa shape index (κ1) is 51.2. The van der Waals surface area contributed by atoms with E-state index in [0.717, 1.165) is 68.7 Å². The number of halogens is 9. The van der Waals surface area contributed by atoms with Crippen LogP contribution in [-0.2, 0) is 13.1 Å². The first-order chi connectivity index (χ1) is 28.7. The van der Waals surface area contributed by atoms with Gasteiger partial charge in [-0.05, 0) is 68.9 Å². The number of nitrogens with zero attached hydrogens (tertiary/aromatic N) is 8. The van der Waals surface area contributed by atoms with E-state index in [-0.39, 0.29) is 8.95 Å². The summed E-state index contributed by atoms with van der Waals surface area (Å²) in [6.45, 7) is 14.5. The molecule has 18 heteroatoms. The molecule has 0 saturated carbocycles. The third kappa shape index (κ3) is 15.1. The molecule has 0 aliphatic carbocycles. The van der Waals surface area contributed by atoms with Gasteiger partial charge >= 0.3 is 0 Å². The highest BCUT2D eigenvalue weighted by Gasteiger charge is 2.22. The number of fused-ring (bicyclic) bond motifs is 3. The summed E-state index contributed by atoms with van der Waals surface area (Å²) in [5.41, 5.74) is 2.14. The van der Waals surface area contributed by atoms with Crippen LogP contribution in [0.25, 0.3) is 33.1 Å². The Morgan fingerprint density at radius 3 is 1.18 bits per heavy atom. The fraction of sp³-hybridized carbons (Fsp3) is 0.571. The van der Waals surface area contributed by atoms with Gasteiger partial charge in [-0.25, -0.2) is 26.3 Å². The van der Waals surface area contributed by atoms with Crippen molar-refractivity contribution in [1.82, 2.24) is 45.4 Å². The molecule has 9 nitrogen and oxygen atoms in total. The molecule has 1 N–H and O–H groups in total. The standard InChI is InChI=1S/C14H17Br2F2N3.C14H19F2N3.C8H17Br.C6H3F2N3/c1-3-5-6-8(4-2)7-21-19-13-9(15)11(17)12(18)10(16)14(13)20-21;1-3-5-6-10(4-2)9-19-17-13-7-11(15)12(16)8-14(13)18-19;1-3-5-6-8(4-2)7-9;7-3-1-5-6(2-4(3)8)10-11-9-5/h8H,3-7H2,1-2H3;7-8,10H,3-6,9H2,1-2H3;8H,3-7H2,1-2H3;1-2H,(H,9,10,11). The molecule has 3 aromatic carbocycles. The third-order valence-electron chi connectivity index (χ3n) is 10.2. The van der Waals surface area contributed by atoms with Crippen LogP contribution in [0, 0.1) is 52.7 Å². The lowest BCUT2D eigenvalue weighted by Gasteiger charge is -2.12. The molecule has 0 aliphatic heterocycles. The largest absolute Gasteiger partial charge is 0.204 e. The van der Waals surface area contributed by atoms with Gasteiger partial charge in [-0.15, -0.1) is 0 Å². The zero-order valence-corrected chi connectivity index (χ0v) is 39.9. The molecule has 0 bridgehead atoms. The number of aromatic nitrogens is 9. The van der Waals surface area contributed by atoms with E-state index in [0.29, 0.717) is 58.0 Å². The molecule has 6 rings (SSSR count). The SMILES string of the molecule is CCCCC(CC)CBr.CCCCC(CC)Cn1nc2c(Br)c(F)c(F)c(Br)c2n1.CCCCC(CC)Cn1nc2cc(F)c(F)cc2n1.Fc1cc2n[nH]nc2cc1F. The minimum atomic E-state index is -0.945. The summed E-state index contributed by atoms with van der Waals surface area (Å²) in [6, 6.07) is 4.19. The molecular formula is C42H56Br3F6N9. The zero-order valence-electron chi connectivity index (χ0n) is 35.1. The van der Waals surface area contributed by atoms with E-state index in [1.165, 1.54) is 43.9 Å². The summed E-state index contributed by atoms with van der Waals surface area (Å²) >= 11 is 9.61. The fourth-order valence-corrected chi connectivity index (χ4v) is 7.85. The summed E-state index contributed by atoms with van der Waals surface area (Å²) < 4.78 is 78.6. The number of H-pyrrole nitrogens is 1. The van der Waals surface area contributed by atoms with Gasteiger partial charge in [0.25, 0.3) is 0 Å². The summed E-state index contributed by atoms with van der Waals surface area (Å²) in [5, 5.41) is 27.6. The second kappa shape index (κ2) is 26.4. The Morgan fingerprint density at radius 1 is 0.517 bits per heavy atom. The van der Waals surface area contributed by atoms with Crippen LogP contribution in [0.1, 0.15) is 119 Å². The Labute approximate surface area is 373 Å². The van der Waals surface area contributed by atoms with Crippen molar-refractivity contribution in [2.45, 2.75) is 132 Å². The molecule has 0 saturated heterocycles. The van der Waals surface area contributed by atoms with Crippen molar-refractivity contribution in [3.8, 4) is 0 Å². The molecule has 0 spiro atoms. The first-order valence-corrected chi connectivity index (χ1v) is 23.4. The number of aromatic amines is 1. The maximum Gasteiger partial charge on any atom is 0.176 e. The van der Waals surface area contributed by atoms with E-state index in [1.54, 1.807) is 9.59 Å². The highest BCUT2D eigenvalue weighted by Crippen LogP contribution is 2.34. The van der Waals surface area contributed by atoms with Crippen molar-refractivity contribution in [3.05, 3.63) is 68.1 Å². The highest BCUT2D eigenvalue weighted by atomic mass is 79.9. The molecule has 0 amide bonds. The maximum absolute atomic E-state index is 13.7. The lowest BCUT2D eigenvalue weighted by Crippen LogP contribution is -2.12. The third-order valence-corrected chi connectivity index (χ3v) is 12.5. The van der Waals surface area contributed by atoms with Crippen molar-refractivity contribution in [2.24, 2.45) is 17.8 Å². The Morgan fingerprint density at radius 2 is 0.850 bits per heavy atom. The fourth-order valence-electron chi connectivity index (χ4n) is 6.18. The molecule has 6 aromatic rings. The van der Waals surface area contributed by atoms with Gasteiger partial charge in [0.15, 0.2) is 34.9 Å². The number of rotatable bonds is 17. The predicted molar refractivity (Wildman–Crippen MR) is 238 cm³/mol. The molecule has 0 fully saturated rings. The van der Waals surface area contributed by atoms with Crippen molar-refractivity contribution < 1.29 is 26.3 Å². The molecule has 3 atom stereocenters. The van der Waals surface area contributed by atoms with Crippen LogP contribution in [0.4, 0.5) is 26.3 Å². The lowest BCUT2D eigenvalue weighted by atomic mass is 10.00. The average molecular weight is 1040 g/mol. The van der Waals surface area contributed by atoms with Crippen LogP contribution in [0.15, 0.2) is 33.2 Å². The number of nitrogens with one attached hydrogen (secondary N) is 1. The molecule has 0 radical (unpaired) electrons. The molecule has 3 heterocycles. The molecular weight excluding hydrogens is 984 g/mol. The van der Waals surface area contributed by atoms with Gasteiger partial charge in [0, 0.05) is 29.6 Å². The zero-order chi connectivity index (χ0) is 44.4. The van der Waals surface area contributed by atoms with Gasteiger partial charge in [-0.2, -0.15) is 45.4 Å². The Hall–Kier alpha value is -3.12. The average Bonchev–Trinajstić information content (AvgIpc) is 3.99. The van der Waals surface area contributed by atoms with Crippen molar-refractivity contribution in [2.75, 3.05) is 5.33 Å². The van der Waals surface area contributed by atoms with E-state index < -0.39 is 34.9 Å². The maximum atomic E-state index is 13.7. The van der Waals surface area contributed by atoms with Crippen molar-refractivity contribution >= 4 is 80.9 Å². The number of alkyl halides is 1. The van der Waals surface area contributed by atoms with E-state index in [1.807, 2.05) is 0 Å². The van der Waals surface area contributed by atoms with Gasteiger partial charge < -0.3 is 0 Å². The lowest BCUT2D eigenvalue weighted by molar-refractivity contribution is 0.351. The topological polar surface area (TPSA) is 103 Å². The molecule has 3 unspecified atom stereocenters. The van der Waals surface area contributed by atoms with Gasteiger partial charge in [0.1, 0.15) is 33.1 Å². The van der Waals surface area contributed by atoms with E-state index in [2.05, 4.69) is 125 Å². The highest BCUT2D eigenvalue weighted by molar-refractivity contribution is 9.11. The van der Waals surface area contributed by atoms with Crippen LogP contribution in [0.5, 0.6) is 0 Å². The molecule has 0 aliphatic rings. The summed E-state index contributed by atoms with van der Waals surface area (Å²) in [4.78, 5) is 3.11. The Kier molecular flexibility index (Phi) is 22.5. The normalized spacial score (nSPS) is 12.7. The van der Waals surface area contributed by atoms with E-state index in [4.69, 9.17) is 0 Å². The van der Waals surface area contributed by atoms with Crippen LogP contribution >= 0.6 is 47.8 Å². The summed E-state index contributed by atoms with van der Waals surface area (Å²) in [5.74, 6) is -3.56. The summed E-state index contributed by atoms with van der Waals surface area (Å²) in [6.07, 6.45) is 14.4. The number of hydrogen-bond donors (Lipinski definition) is 1. The van der Waals surface area contributed by atoms with Crippen LogP contribution in [-0.4, -0.2) is 50.7 Å². The molecule has 332 valence electrons. The Balaban J connectivity index is 0.000000225. The van der Waals surface area contributed by atoms with Gasteiger partial charge in [0.2, 0.25) is 0 Å². The number of hydrogen-bond acceptors (Lipinski definition) is 6. The molecule has 3 aromatic heterocycles. The summed E-state index contributed by atoms with van der Waals surface area (Å²) in [7, 11) is 0. The Bertz CT molecular complexity index is 2070. The van der Waals surface area contributed by atoms with Crippen molar-refractivity contribution in [1.29, 1.82) is 0 Å². The predicted octanol–water partition coefficient (Wildman–Crippen LogP) is 14.2. The quantitative estimate of drug-likeness (QED) is 0.0422. The van der Waals surface area contributed by atoms with Crippen LogP contribution in [0.2, 0.25) is 0 Å². The van der Waals surface area contributed by atoms with E-state index in [9.17, 15) is 26.3 Å². The first-order valence-electron chi connectivity index (χ1n) is 20.7. The van der Waals surface area contributed by atoms with Gasteiger partial charge in [0.05, 0.1) is 22.0 Å². The second-order valence-electron chi connectivity index (χ2n) is 14.7. The minimum absolute atomic E-state index is 0.0195. The number of unbranched alkanes of at least 4 members (excludes halogenated alkanes) is 3. The van der Waals surface area contributed by atoms with E-state index >= 15 is 0 Å². The van der Waals surface area contributed by atoms with Gasteiger partial charge in [-0.3, -0.25) is 0 Å². The van der Waals surface area contributed by atoms with Crippen molar-refractivity contribution in [3.63, 3.8) is 0 Å². The second-order valence-corrected chi connectivity index (χ2v) is 16.9. The van der Waals surface area contributed by atoms with Crippen LogP contribution in [0.3, 0.4) is 0 Å². The van der Waals surface area contributed by atoms with Gasteiger partial charge in [-0.1, -0.05) is 115 Å². The van der Waals surface area contributed by atoms with Crippen LogP contribution < -0.4 is 0 Å². The number of benzene rings is 3. The molecule has 60 heavy (non-hydrogen) atoms.